The minimum atomic E-state index is 0.609. The molecule has 3 heterocycles. The molecule has 2 aliphatic rings. The second kappa shape index (κ2) is 4.93. The monoisotopic (exact) mass is 330 g/mol. The molecule has 0 spiro atoms. The third-order valence-corrected chi connectivity index (χ3v) is 6.67. The van der Waals surface area contributed by atoms with E-state index in [0.29, 0.717) is 5.92 Å². The number of thioether (sulfide) groups is 1. The Kier molecular flexibility index (Phi) is 2.98. The van der Waals surface area contributed by atoms with E-state index in [1.165, 1.54) is 65.0 Å². The second-order valence-corrected chi connectivity index (χ2v) is 8.52. The molecule has 4 nitrogen and oxygen atoms in total. The summed E-state index contributed by atoms with van der Waals surface area (Å²) in [5.41, 5.74) is 2.56. The van der Waals surface area contributed by atoms with Gasteiger partial charge >= 0.3 is 0 Å². The molecule has 6 heteroatoms. The topological polar surface area (TPSA) is 43.1 Å². The first-order valence-corrected chi connectivity index (χ1v) is 9.99. The average molecular weight is 330 g/mol. The van der Waals surface area contributed by atoms with Gasteiger partial charge in [-0.25, -0.2) is 4.98 Å². The molecule has 0 saturated heterocycles. The van der Waals surface area contributed by atoms with Crippen molar-refractivity contribution < 1.29 is 0 Å². The lowest BCUT2D eigenvalue weighted by atomic mass is 9.97. The number of nitrogens with zero attached hydrogens (tertiary/aromatic N) is 4. The van der Waals surface area contributed by atoms with E-state index in [1.54, 1.807) is 11.8 Å². The quantitative estimate of drug-likeness (QED) is 0.675. The van der Waals surface area contributed by atoms with Crippen LogP contribution in [-0.4, -0.2) is 25.3 Å². The van der Waals surface area contributed by atoms with E-state index in [4.69, 9.17) is 4.98 Å². The van der Waals surface area contributed by atoms with Gasteiger partial charge in [-0.05, 0) is 49.8 Å². The first-order chi connectivity index (χ1) is 10.9. The van der Waals surface area contributed by atoms with Gasteiger partial charge in [0.05, 0.1) is 5.39 Å². The fourth-order valence-electron chi connectivity index (χ4n) is 3.49. The SMILES string of the molecule is CCSc1nnc2c3c4c(sc3nc(C3CC3)n12)CCCC4. The van der Waals surface area contributed by atoms with Crippen molar-refractivity contribution >= 4 is 39.0 Å². The third-order valence-electron chi connectivity index (χ3n) is 4.67. The van der Waals surface area contributed by atoms with E-state index in [9.17, 15) is 0 Å². The number of hydrogen-bond donors (Lipinski definition) is 0. The fourth-order valence-corrected chi connectivity index (χ4v) is 5.42. The third kappa shape index (κ3) is 1.86. The van der Waals surface area contributed by atoms with Gasteiger partial charge in [-0.15, -0.1) is 21.5 Å². The molecular weight excluding hydrogens is 312 g/mol. The predicted molar refractivity (Wildman–Crippen MR) is 91.2 cm³/mol. The van der Waals surface area contributed by atoms with E-state index < -0.39 is 0 Å². The van der Waals surface area contributed by atoms with Crippen molar-refractivity contribution in [3.63, 3.8) is 0 Å². The van der Waals surface area contributed by atoms with Crippen LogP contribution in [0.15, 0.2) is 5.16 Å². The molecule has 1 saturated carbocycles. The first-order valence-electron chi connectivity index (χ1n) is 8.19. The van der Waals surface area contributed by atoms with Crippen LogP contribution >= 0.6 is 23.1 Å². The largest absolute Gasteiger partial charge is 0.257 e. The number of thiophene rings is 1. The highest BCUT2D eigenvalue weighted by atomic mass is 32.2. The minimum Gasteiger partial charge on any atom is -0.257 e. The summed E-state index contributed by atoms with van der Waals surface area (Å²) in [5, 5.41) is 11.4. The normalized spacial score (nSPS) is 18.2. The molecule has 5 rings (SSSR count). The summed E-state index contributed by atoms with van der Waals surface area (Å²) in [4.78, 5) is 7.81. The highest BCUT2D eigenvalue weighted by molar-refractivity contribution is 7.99. The molecule has 0 N–H and O–H groups in total. The highest BCUT2D eigenvalue weighted by Crippen LogP contribution is 2.44. The average Bonchev–Trinajstić information content (AvgIpc) is 3.19. The summed E-state index contributed by atoms with van der Waals surface area (Å²) >= 11 is 3.67. The van der Waals surface area contributed by atoms with Gasteiger partial charge in [0.2, 0.25) is 0 Å². The zero-order valence-corrected chi connectivity index (χ0v) is 14.3. The van der Waals surface area contributed by atoms with Crippen LogP contribution in [0.5, 0.6) is 0 Å². The molecule has 0 atom stereocenters. The van der Waals surface area contributed by atoms with Gasteiger partial charge in [0.1, 0.15) is 10.7 Å². The van der Waals surface area contributed by atoms with Crippen LogP contribution in [0.3, 0.4) is 0 Å². The van der Waals surface area contributed by atoms with Crippen molar-refractivity contribution in [2.24, 2.45) is 0 Å². The Hall–Kier alpha value is -1.14. The Labute approximate surface area is 137 Å². The second-order valence-electron chi connectivity index (χ2n) is 6.21. The summed E-state index contributed by atoms with van der Waals surface area (Å²) in [6, 6.07) is 0. The lowest BCUT2D eigenvalue weighted by Crippen LogP contribution is -2.03. The molecular formula is C16H18N4S2. The van der Waals surface area contributed by atoms with Gasteiger partial charge in [0.15, 0.2) is 10.8 Å². The van der Waals surface area contributed by atoms with Crippen molar-refractivity contribution in [2.45, 2.75) is 56.5 Å². The maximum atomic E-state index is 5.07. The minimum absolute atomic E-state index is 0.609. The molecule has 2 aliphatic carbocycles. The van der Waals surface area contributed by atoms with Crippen LogP contribution in [0.1, 0.15) is 54.8 Å². The maximum Gasteiger partial charge on any atom is 0.197 e. The van der Waals surface area contributed by atoms with Gasteiger partial charge < -0.3 is 0 Å². The molecule has 0 amide bonds. The predicted octanol–water partition coefficient (Wildman–Crippen LogP) is 4.21. The van der Waals surface area contributed by atoms with Crippen LogP contribution in [-0.2, 0) is 12.8 Å². The summed E-state index contributed by atoms with van der Waals surface area (Å²) in [6.45, 7) is 2.17. The Balaban J connectivity index is 1.87. The summed E-state index contributed by atoms with van der Waals surface area (Å²) in [5.74, 6) is 2.82. The van der Waals surface area contributed by atoms with Gasteiger partial charge in [-0.3, -0.25) is 4.40 Å². The summed E-state index contributed by atoms with van der Waals surface area (Å²) < 4.78 is 2.26. The lowest BCUT2D eigenvalue weighted by molar-refractivity contribution is 0.700. The zero-order valence-electron chi connectivity index (χ0n) is 12.6. The maximum absolute atomic E-state index is 5.07. The fraction of sp³-hybridized carbons (Fsp3) is 0.562. The summed E-state index contributed by atoms with van der Waals surface area (Å²) in [6.07, 6.45) is 7.51. The van der Waals surface area contributed by atoms with Gasteiger partial charge in [0.25, 0.3) is 0 Å². The molecule has 1 fully saturated rings. The molecule has 0 bridgehead atoms. The number of aryl methyl sites for hydroxylation is 2. The molecule has 114 valence electrons. The molecule has 0 radical (unpaired) electrons. The van der Waals surface area contributed by atoms with Gasteiger partial charge in [-0.1, -0.05) is 18.7 Å². The molecule has 0 aliphatic heterocycles. The van der Waals surface area contributed by atoms with Crippen LogP contribution in [0.25, 0.3) is 15.9 Å². The Morgan fingerprint density at radius 1 is 1.23 bits per heavy atom. The first kappa shape index (κ1) is 13.3. The van der Waals surface area contributed by atoms with Crippen molar-refractivity contribution in [1.82, 2.24) is 19.6 Å². The highest BCUT2D eigenvalue weighted by Gasteiger charge is 2.31. The Morgan fingerprint density at radius 3 is 2.91 bits per heavy atom. The lowest BCUT2D eigenvalue weighted by Gasteiger charge is -2.11. The number of aromatic nitrogens is 4. The Morgan fingerprint density at radius 2 is 2.09 bits per heavy atom. The van der Waals surface area contributed by atoms with E-state index >= 15 is 0 Å². The number of hydrogen-bond acceptors (Lipinski definition) is 5. The molecule has 0 unspecified atom stereocenters. The van der Waals surface area contributed by atoms with E-state index in [1.807, 2.05) is 11.3 Å². The van der Waals surface area contributed by atoms with E-state index in [0.717, 1.165) is 16.6 Å². The van der Waals surface area contributed by atoms with Crippen molar-refractivity contribution in [2.75, 3.05) is 5.75 Å². The molecule has 3 aromatic heterocycles. The Bertz CT molecular complexity index is 875. The van der Waals surface area contributed by atoms with Gasteiger partial charge in [-0.2, -0.15) is 0 Å². The molecule has 3 aromatic rings. The van der Waals surface area contributed by atoms with Gasteiger partial charge in [0, 0.05) is 10.8 Å². The van der Waals surface area contributed by atoms with Crippen LogP contribution < -0.4 is 0 Å². The van der Waals surface area contributed by atoms with Crippen LogP contribution in [0.4, 0.5) is 0 Å². The van der Waals surface area contributed by atoms with Crippen molar-refractivity contribution in [3.8, 4) is 0 Å². The molecule has 22 heavy (non-hydrogen) atoms. The standard InChI is InChI=1S/C16H18N4S2/c1-2-21-16-19-18-14-12-10-5-3-4-6-11(10)22-15(12)17-13(20(14)16)9-7-8-9/h9H,2-8H2,1H3. The molecule has 0 aromatic carbocycles. The number of rotatable bonds is 3. The summed E-state index contributed by atoms with van der Waals surface area (Å²) in [7, 11) is 0. The van der Waals surface area contributed by atoms with Crippen LogP contribution in [0.2, 0.25) is 0 Å². The van der Waals surface area contributed by atoms with E-state index in [2.05, 4.69) is 21.5 Å². The zero-order chi connectivity index (χ0) is 14.7. The smallest absolute Gasteiger partial charge is 0.197 e. The van der Waals surface area contributed by atoms with Crippen molar-refractivity contribution in [1.29, 1.82) is 0 Å². The van der Waals surface area contributed by atoms with E-state index in [-0.39, 0.29) is 0 Å². The number of fused-ring (bicyclic) bond motifs is 5. The van der Waals surface area contributed by atoms with Crippen molar-refractivity contribution in [3.05, 3.63) is 16.3 Å². The van der Waals surface area contributed by atoms with Crippen LogP contribution in [0, 0.1) is 0 Å².